The van der Waals surface area contributed by atoms with E-state index in [-0.39, 0.29) is 15.9 Å². The topological polar surface area (TPSA) is 36.9 Å². The molecular formula is C34H48O4Si4. The van der Waals surface area contributed by atoms with Crippen molar-refractivity contribution in [3.63, 3.8) is 0 Å². The van der Waals surface area contributed by atoms with Crippen LogP contribution in [0.15, 0.2) is 103 Å². The molecule has 1 aliphatic carbocycles. The molecule has 4 atom stereocenters. The molecule has 0 amide bonds. The van der Waals surface area contributed by atoms with Gasteiger partial charge in [0, 0.05) is 5.04 Å². The van der Waals surface area contributed by atoms with Crippen molar-refractivity contribution < 1.29 is 16.5 Å². The Kier molecular flexibility index (Phi) is 7.98. The quantitative estimate of drug-likeness (QED) is 0.227. The van der Waals surface area contributed by atoms with E-state index in [4.69, 9.17) is 16.5 Å². The minimum absolute atomic E-state index is 0.00597. The second-order valence-electron chi connectivity index (χ2n) is 14.0. The van der Waals surface area contributed by atoms with Crippen LogP contribution in [0.1, 0.15) is 41.5 Å². The van der Waals surface area contributed by atoms with Gasteiger partial charge in [-0.2, -0.15) is 0 Å². The SMILES string of the molecule is CC1C=CC(C)([Si]2(C)O[Si](C)(c3ccccc3)O[Si](C)(c3ccccc3)O[Si](C)(c3ccccc3)O2)C(C)(C)C1(C)C. The van der Waals surface area contributed by atoms with Crippen molar-refractivity contribution in [1.29, 1.82) is 0 Å². The van der Waals surface area contributed by atoms with Gasteiger partial charge < -0.3 is 16.5 Å². The summed E-state index contributed by atoms with van der Waals surface area (Å²) in [7, 11) is -12.5. The summed E-state index contributed by atoms with van der Waals surface area (Å²) in [4.78, 5) is 0. The summed E-state index contributed by atoms with van der Waals surface area (Å²) < 4.78 is 30.6. The number of hydrogen-bond donors (Lipinski definition) is 0. The van der Waals surface area contributed by atoms with Gasteiger partial charge in [0.15, 0.2) is 0 Å². The van der Waals surface area contributed by atoms with Gasteiger partial charge in [-0.3, -0.25) is 0 Å². The zero-order valence-corrected chi connectivity index (χ0v) is 31.0. The Morgan fingerprint density at radius 1 is 0.524 bits per heavy atom. The molecule has 0 aromatic heterocycles. The van der Waals surface area contributed by atoms with Crippen LogP contribution < -0.4 is 15.6 Å². The van der Waals surface area contributed by atoms with Gasteiger partial charge in [0.1, 0.15) is 0 Å². The first-order valence-electron chi connectivity index (χ1n) is 15.2. The van der Waals surface area contributed by atoms with Crippen LogP contribution in [0.5, 0.6) is 0 Å². The van der Waals surface area contributed by atoms with E-state index in [1.54, 1.807) is 0 Å². The van der Waals surface area contributed by atoms with Gasteiger partial charge in [-0.15, -0.1) is 0 Å². The standard InChI is InChI=1S/C34H48O4Si4/c1-28-26-27-34(6,33(4,5)32(28,2)3)42(10)37-40(8,30-22-16-12-17-23-30)35-39(7,29-20-14-11-15-21-29)36-41(9,38-42)31-24-18-13-19-25-31/h11-28H,1-10H3. The van der Waals surface area contributed by atoms with E-state index in [1.807, 2.05) is 6.07 Å². The molecular weight excluding hydrogens is 585 g/mol. The zero-order valence-electron chi connectivity index (χ0n) is 27.0. The fourth-order valence-electron chi connectivity index (χ4n) is 7.10. The van der Waals surface area contributed by atoms with E-state index >= 15 is 0 Å². The molecule has 0 radical (unpaired) electrons. The first-order chi connectivity index (χ1) is 19.5. The Hall–Kier alpha value is -1.89. The summed E-state index contributed by atoms with van der Waals surface area (Å²) in [6.45, 7) is 23.2. The van der Waals surface area contributed by atoms with Crippen LogP contribution in [-0.4, -0.2) is 34.2 Å². The molecule has 42 heavy (non-hydrogen) atoms. The van der Waals surface area contributed by atoms with Crippen molar-refractivity contribution in [2.24, 2.45) is 16.7 Å². The Labute approximate surface area is 258 Å². The third-order valence-electron chi connectivity index (χ3n) is 11.2. The maximum absolute atomic E-state index is 7.76. The van der Waals surface area contributed by atoms with Crippen molar-refractivity contribution >= 4 is 49.8 Å². The molecule has 224 valence electrons. The predicted molar refractivity (Wildman–Crippen MR) is 183 cm³/mol. The third-order valence-corrected chi connectivity index (χ3v) is 30.5. The lowest BCUT2D eigenvalue weighted by Gasteiger charge is -2.64. The van der Waals surface area contributed by atoms with Crippen LogP contribution in [0.25, 0.3) is 0 Å². The third kappa shape index (κ3) is 4.94. The predicted octanol–water partition coefficient (Wildman–Crippen LogP) is 7.09. The molecule has 0 saturated carbocycles. The lowest BCUT2D eigenvalue weighted by molar-refractivity contribution is 0.0131. The van der Waals surface area contributed by atoms with E-state index in [0.717, 1.165) is 15.6 Å². The Morgan fingerprint density at radius 3 is 1.21 bits per heavy atom. The molecule has 0 N–H and O–H groups in total. The van der Waals surface area contributed by atoms with Gasteiger partial charge in [-0.05, 0) is 58.5 Å². The van der Waals surface area contributed by atoms with E-state index in [0.29, 0.717) is 5.92 Å². The van der Waals surface area contributed by atoms with Crippen LogP contribution in [0.2, 0.25) is 31.2 Å². The van der Waals surface area contributed by atoms with Gasteiger partial charge in [0.05, 0.1) is 0 Å². The second-order valence-corrected chi connectivity index (χ2v) is 27.6. The smallest absolute Gasteiger partial charge is 0.352 e. The minimum Gasteiger partial charge on any atom is -0.412 e. The molecule has 3 aromatic rings. The summed E-state index contributed by atoms with van der Waals surface area (Å²) >= 11 is 0. The van der Waals surface area contributed by atoms with Gasteiger partial charge in [-0.25, -0.2) is 0 Å². The van der Waals surface area contributed by atoms with E-state index in [9.17, 15) is 0 Å². The Balaban J connectivity index is 1.79. The summed E-state index contributed by atoms with van der Waals surface area (Å²) in [5.41, 5.74) is -0.140. The molecule has 4 nitrogen and oxygen atoms in total. The van der Waals surface area contributed by atoms with Crippen LogP contribution in [0, 0.1) is 16.7 Å². The maximum atomic E-state index is 7.76. The zero-order chi connectivity index (χ0) is 30.7. The number of hydrogen-bond acceptors (Lipinski definition) is 4. The van der Waals surface area contributed by atoms with Crippen molar-refractivity contribution in [1.82, 2.24) is 0 Å². The van der Waals surface area contributed by atoms with E-state index in [2.05, 4.69) is 165 Å². The summed E-state index contributed by atoms with van der Waals surface area (Å²) in [5.74, 6) is 0.420. The van der Waals surface area contributed by atoms with Gasteiger partial charge >= 0.3 is 34.2 Å². The van der Waals surface area contributed by atoms with Crippen molar-refractivity contribution in [3.8, 4) is 0 Å². The fraction of sp³-hybridized carbons (Fsp3) is 0.412. The van der Waals surface area contributed by atoms with Crippen molar-refractivity contribution in [2.75, 3.05) is 0 Å². The molecule has 0 spiro atoms. The average molecular weight is 633 g/mol. The molecule has 2 aliphatic rings. The number of rotatable bonds is 4. The van der Waals surface area contributed by atoms with E-state index in [1.165, 1.54) is 0 Å². The largest absolute Gasteiger partial charge is 0.412 e. The molecule has 4 unspecified atom stereocenters. The van der Waals surface area contributed by atoms with E-state index < -0.39 is 34.2 Å². The van der Waals surface area contributed by atoms with Crippen molar-refractivity contribution in [2.45, 2.75) is 72.8 Å². The fourth-order valence-corrected chi connectivity index (χ4v) is 29.9. The Bertz CT molecular complexity index is 1370. The van der Waals surface area contributed by atoms with Crippen LogP contribution in [0.3, 0.4) is 0 Å². The van der Waals surface area contributed by atoms with Crippen LogP contribution >= 0.6 is 0 Å². The molecule has 3 aromatic carbocycles. The highest BCUT2D eigenvalue weighted by atomic mass is 28.5. The molecule has 0 bridgehead atoms. The molecule has 1 heterocycles. The monoisotopic (exact) mass is 632 g/mol. The summed E-state index contributed by atoms with van der Waals surface area (Å²) in [5, 5.41) is 2.91. The van der Waals surface area contributed by atoms with Crippen molar-refractivity contribution in [3.05, 3.63) is 103 Å². The van der Waals surface area contributed by atoms with Gasteiger partial charge in [0.2, 0.25) is 0 Å². The van der Waals surface area contributed by atoms with Crippen LogP contribution in [0.4, 0.5) is 0 Å². The minimum atomic E-state index is -3.19. The highest BCUT2D eigenvalue weighted by Gasteiger charge is 2.69. The first-order valence-corrected chi connectivity index (χ1v) is 24.5. The number of allylic oxidation sites excluding steroid dienone is 2. The lowest BCUT2D eigenvalue weighted by Crippen LogP contribution is -2.78. The second kappa shape index (κ2) is 10.6. The highest BCUT2D eigenvalue weighted by Crippen LogP contribution is 2.67. The lowest BCUT2D eigenvalue weighted by atomic mass is 9.53. The Morgan fingerprint density at radius 2 is 0.857 bits per heavy atom. The van der Waals surface area contributed by atoms with Gasteiger partial charge in [0.25, 0.3) is 0 Å². The average Bonchev–Trinajstić information content (AvgIpc) is 2.95. The maximum Gasteiger partial charge on any atom is 0.352 e. The summed E-state index contributed by atoms with van der Waals surface area (Å²) in [6.07, 6.45) is 4.81. The molecule has 5 rings (SSSR count). The van der Waals surface area contributed by atoms with Gasteiger partial charge in [-0.1, -0.05) is 145 Å². The molecule has 8 heteroatoms. The highest BCUT2D eigenvalue weighted by molar-refractivity contribution is 7.03. The molecule has 1 aliphatic heterocycles. The molecule has 1 saturated heterocycles. The molecule has 1 fully saturated rings. The normalized spacial score (nSPS) is 37.9. The first kappa shape index (κ1) is 31.5. The summed E-state index contributed by atoms with van der Waals surface area (Å²) in [6, 6.07) is 31.6. The number of benzene rings is 3. The van der Waals surface area contributed by atoms with Crippen LogP contribution in [-0.2, 0) is 16.5 Å².